The summed E-state index contributed by atoms with van der Waals surface area (Å²) in [6.07, 6.45) is 0. The number of benzene rings is 7. The van der Waals surface area contributed by atoms with Crippen molar-refractivity contribution < 1.29 is 0 Å². The van der Waals surface area contributed by atoms with Gasteiger partial charge >= 0.3 is 0 Å². The van der Waals surface area contributed by atoms with Gasteiger partial charge in [0.15, 0.2) is 17.1 Å². The molecule has 0 atom stereocenters. The first-order valence-corrected chi connectivity index (χ1v) is 16.9. The Labute approximate surface area is 286 Å². The molecule has 0 radical (unpaired) electrons. The third-order valence-corrected chi connectivity index (χ3v) is 10.1. The van der Waals surface area contributed by atoms with Gasteiger partial charge < -0.3 is 8.97 Å². The minimum atomic E-state index is 0.644. The molecule has 4 heterocycles. The third kappa shape index (κ3) is 3.98. The molecule has 0 aliphatic heterocycles. The molecule has 232 valence electrons. The molecule has 0 N–H and O–H groups in total. The van der Waals surface area contributed by atoms with E-state index in [0.717, 1.165) is 54.7 Å². The van der Waals surface area contributed by atoms with Crippen molar-refractivity contribution in [3.8, 4) is 17.1 Å². The van der Waals surface area contributed by atoms with E-state index in [1.165, 1.54) is 27.2 Å². The van der Waals surface area contributed by atoms with E-state index in [9.17, 15) is 0 Å². The van der Waals surface area contributed by atoms with Crippen LogP contribution in [0, 0.1) is 0 Å². The van der Waals surface area contributed by atoms with Crippen LogP contribution in [-0.2, 0) is 0 Å². The summed E-state index contributed by atoms with van der Waals surface area (Å²) in [6, 6.07) is 58.3. The highest BCUT2D eigenvalue weighted by molar-refractivity contribution is 6.19. The molecule has 4 aromatic heterocycles. The Morgan fingerprint density at radius 2 is 1.00 bits per heavy atom. The lowest BCUT2D eigenvalue weighted by Gasteiger charge is -2.08. The summed E-state index contributed by atoms with van der Waals surface area (Å²) >= 11 is 0. The van der Waals surface area contributed by atoms with Gasteiger partial charge in [0.2, 0.25) is 0 Å². The van der Waals surface area contributed by atoms with Gasteiger partial charge in [-0.25, -0.2) is 15.0 Å². The molecule has 0 unspecified atom stereocenters. The molecule has 7 aromatic carbocycles. The fraction of sp³-hybridized carbons (Fsp3) is 0. The number of nitrogens with zero attached hydrogens (tertiary/aromatic N) is 5. The second-order valence-corrected chi connectivity index (χ2v) is 12.9. The number of rotatable bonds is 2. The van der Waals surface area contributed by atoms with Crippen LogP contribution in [0.1, 0.15) is 0 Å². The summed E-state index contributed by atoms with van der Waals surface area (Å²) < 4.78 is 4.80. The Balaban J connectivity index is 1.41. The zero-order valence-electron chi connectivity index (χ0n) is 26.8. The zero-order chi connectivity index (χ0) is 32.8. The summed E-state index contributed by atoms with van der Waals surface area (Å²) in [5.41, 5.74) is 9.12. The van der Waals surface area contributed by atoms with E-state index in [2.05, 4.69) is 155 Å². The average Bonchev–Trinajstić information content (AvgIpc) is 3.69. The molecule has 0 aliphatic carbocycles. The summed E-state index contributed by atoms with van der Waals surface area (Å²) in [5, 5.41) is 8.88. The Hall–Kier alpha value is -6.85. The molecule has 0 amide bonds. The topological polar surface area (TPSA) is 48.0 Å². The maximum absolute atomic E-state index is 5.14. The van der Waals surface area contributed by atoms with Gasteiger partial charge in [-0.2, -0.15) is 0 Å². The third-order valence-electron chi connectivity index (χ3n) is 10.1. The van der Waals surface area contributed by atoms with Crippen molar-refractivity contribution in [1.29, 1.82) is 0 Å². The minimum absolute atomic E-state index is 0.644. The van der Waals surface area contributed by atoms with Gasteiger partial charge in [0.1, 0.15) is 0 Å². The summed E-state index contributed by atoms with van der Waals surface area (Å²) in [5.74, 6) is 0.650. The molecular weight excluding hydrogens is 611 g/mol. The Morgan fingerprint density at radius 1 is 0.360 bits per heavy atom. The molecule has 10 bridgehead atoms. The maximum Gasteiger partial charge on any atom is 0.164 e. The smallest absolute Gasteiger partial charge is 0.164 e. The van der Waals surface area contributed by atoms with Gasteiger partial charge in [-0.15, -0.1) is 0 Å². The highest BCUT2D eigenvalue weighted by Gasteiger charge is 2.18. The lowest BCUT2D eigenvalue weighted by molar-refractivity contribution is 1.18. The van der Waals surface area contributed by atoms with Gasteiger partial charge in [-0.05, 0) is 77.5 Å². The molecule has 11 rings (SSSR count). The first-order valence-electron chi connectivity index (χ1n) is 16.9. The summed E-state index contributed by atoms with van der Waals surface area (Å²) in [7, 11) is 0. The standard InChI is InChI=1S/C45H27N5/c1-3-11-28(12-4-1)43-46-44-31-15-9-13-29(23-31)30-14-10-18-34(24-30)50-39-20-8-7-19-35(39)37-26-42-38(27-41(37)50)36-25-32(45(47-43)48-44)21-22-40(36)49(42)33-16-5-2-6-17-33/h1-27H. The van der Waals surface area contributed by atoms with E-state index in [0.29, 0.717) is 17.1 Å². The highest BCUT2D eigenvalue weighted by Crippen LogP contribution is 2.39. The van der Waals surface area contributed by atoms with E-state index < -0.39 is 0 Å². The van der Waals surface area contributed by atoms with Gasteiger partial charge in [0.05, 0.1) is 22.1 Å². The van der Waals surface area contributed by atoms with E-state index in [-0.39, 0.29) is 0 Å². The highest BCUT2D eigenvalue weighted by atomic mass is 15.0. The predicted octanol–water partition coefficient (Wildman–Crippen LogP) is 11.2. The Morgan fingerprint density at radius 3 is 1.84 bits per heavy atom. The van der Waals surface area contributed by atoms with Gasteiger partial charge in [0.25, 0.3) is 0 Å². The molecule has 11 aromatic rings. The van der Waals surface area contributed by atoms with Crippen LogP contribution in [0.3, 0.4) is 0 Å². The van der Waals surface area contributed by atoms with Crippen LogP contribution < -0.4 is 0 Å². The second kappa shape index (κ2) is 10.3. The SMILES string of the molecule is c1ccc(-c2nc3nc(n2)c2ccc4c(c2)c2cc5c(cc2n4-c2ccccc2)c2ccccc2n5c2cccc(c2)c2cccc3c2)cc1. The molecule has 5 heteroatoms. The Bertz CT molecular complexity index is 3190. The molecule has 0 saturated heterocycles. The maximum atomic E-state index is 5.14. The van der Waals surface area contributed by atoms with Crippen molar-refractivity contribution in [2.45, 2.75) is 0 Å². The normalized spacial score (nSPS) is 12.0. The van der Waals surface area contributed by atoms with Crippen LogP contribution in [-0.4, -0.2) is 23.9 Å². The fourth-order valence-corrected chi connectivity index (χ4v) is 7.77. The molecule has 0 aliphatic rings. The molecular formula is C45H27N5. The van der Waals surface area contributed by atoms with Gasteiger partial charge in [-0.1, -0.05) is 97.1 Å². The van der Waals surface area contributed by atoms with Crippen LogP contribution in [0.15, 0.2) is 164 Å². The van der Waals surface area contributed by atoms with Gasteiger partial charge in [0, 0.05) is 49.1 Å². The quantitative estimate of drug-likeness (QED) is 0.189. The minimum Gasteiger partial charge on any atom is -0.309 e. The van der Waals surface area contributed by atoms with Crippen molar-refractivity contribution in [2.75, 3.05) is 0 Å². The van der Waals surface area contributed by atoms with Crippen LogP contribution in [0.25, 0.3) is 99.0 Å². The second-order valence-electron chi connectivity index (χ2n) is 12.9. The average molecular weight is 638 g/mol. The lowest BCUT2D eigenvalue weighted by atomic mass is 10.1. The van der Waals surface area contributed by atoms with Crippen molar-refractivity contribution in [3.63, 3.8) is 0 Å². The number of hydrogen-bond donors (Lipinski definition) is 0. The van der Waals surface area contributed by atoms with Crippen LogP contribution in [0.2, 0.25) is 0 Å². The number of fused-ring (bicyclic) bond motifs is 14. The fourth-order valence-electron chi connectivity index (χ4n) is 7.77. The summed E-state index contributed by atoms with van der Waals surface area (Å²) in [6.45, 7) is 0. The van der Waals surface area contributed by atoms with E-state index >= 15 is 0 Å². The van der Waals surface area contributed by atoms with Crippen molar-refractivity contribution in [3.05, 3.63) is 164 Å². The lowest BCUT2D eigenvalue weighted by Crippen LogP contribution is -1.94. The molecule has 0 fully saturated rings. The van der Waals surface area contributed by atoms with Crippen molar-refractivity contribution in [1.82, 2.24) is 23.9 Å². The molecule has 5 nitrogen and oxygen atoms in total. The zero-order valence-corrected chi connectivity index (χ0v) is 26.8. The Kier molecular flexibility index (Phi) is 5.60. The van der Waals surface area contributed by atoms with Crippen LogP contribution >= 0.6 is 0 Å². The van der Waals surface area contributed by atoms with Crippen molar-refractivity contribution in [2.24, 2.45) is 0 Å². The number of aromatic nitrogens is 5. The molecule has 0 spiro atoms. The largest absolute Gasteiger partial charge is 0.309 e. The van der Waals surface area contributed by atoms with Crippen molar-refractivity contribution >= 4 is 82.0 Å². The molecule has 0 saturated carbocycles. The first kappa shape index (κ1) is 27.1. The number of hydrogen-bond acceptors (Lipinski definition) is 3. The van der Waals surface area contributed by atoms with Crippen LogP contribution in [0.4, 0.5) is 0 Å². The molecule has 50 heavy (non-hydrogen) atoms. The predicted molar refractivity (Wildman–Crippen MR) is 207 cm³/mol. The van der Waals surface area contributed by atoms with Gasteiger partial charge in [-0.3, -0.25) is 0 Å². The van der Waals surface area contributed by atoms with E-state index in [4.69, 9.17) is 15.0 Å². The van der Waals surface area contributed by atoms with Crippen LogP contribution in [0.5, 0.6) is 0 Å². The van der Waals surface area contributed by atoms with E-state index in [1.54, 1.807) is 0 Å². The number of para-hydroxylation sites is 2. The van der Waals surface area contributed by atoms with E-state index in [1.807, 2.05) is 18.2 Å². The summed E-state index contributed by atoms with van der Waals surface area (Å²) in [4.78, 5) is 15.3. The first-order chi connectivity index (χ1) is 24.8. The monoisotopic (exact) mass is 637 g/mol.